The molecule has 0 aliphatic rings. The van der Waals surface area contributed by atoms with Gasteiger partial charge in [-0.3, -0.25) is 4.79 Å². The van der Waals surface area contributed by atoms with Crippen LogP contribution in [0, 0.1) is 11.3 Å². The zero-order valence-electron chi connectivity index (χ0n) is 7.02. The molecule has 1 aromatic heterocycles. The predicted molar refractivity (Wildman–Crippen MR) is 60.1 cm³/mol. The van der Waals surface area contributed by atoms with Gasteiger partial charge >= 0.3 is 0 Å². The number of fused-ring (bicyclic) bond motifs is 1. The summed E-state index contributed by atoms with van der Waals surface area (Å²) in [5, 5.41) is 9.36. The maximum Gasteiger partial charge on any atom is 0.206 e. The Bertz CT molecular complexity index is 595. The van der Waals surface area contributed by atoms with Crippen molar-refractivity contribution in [2.75, 3.05) is 0 Å². The van der Waals surface area contributed by atoms with Gasteiger partial charge in [-0.25, -0.2) is 0 Å². The molecule has 0 aliphatic carbocycles. The SMILES string of the molecule is N#Cc1c(S)sc2ccccc2c1=O. The second-order valence-electron chi connectivity index (χ2n) is 2.72. The highest BCUT2D eigenvalue weighted by molar-refractivity contribution is 7.83. The van der Waals surface area contributed by atoms with Crippen molar-refractivity contribution in [3.05, 3.63) is 40.1 Å². The minimum atomic E-state index is -0.230. The van der Waals surface area contributed by atoms with Gasteiger partial charge in [0, 0.05) is 10.1 Å². The van der Waals surface area contributed by atoms with E-state index in [-0.39, 0.29) is 11.0 Å². The van der Waals surface area contributed by atoms with E-state index in [1.54, 1.807) is 12.1 Å². The quantitative estimate of drug-likeness (QED) is 0.691. The smallest absolute Gasteiger partial charge is 0.206 e. The van der Waals surface area contributed by atoms with Crippen LogP contribution in [0.5, 0.6) is 0 Å². The van der Waals surface area contributed by atoms with E-state index < -0.39 is 0 Å². The third-order valence-corrected chi connectivity index (χ3v) is 3.36. The maximum absolute atomic E-state index is 11.7. The Morgan fingerprint density at radius 2 is 2.07 bits per heavy atom. The van der Waals surface area contributed by atoms with Crippen molar-refractivity contribution in [2.24, 2.45) is 0 Å². The van der Waals surface area contributed by atoms with E-state index in [4.69, 9.17) is 5.26 Å². The van der Waals surface area contributed by atoms with E-state index in [0.29, 0.717) is 9.60 Å². The highest BCUT2D eigenvalue weighted by atomic mass is 32.2. The number of hydrogen-bond acceptors (Lipinski definition) is 4. The molecule has 0 fully saturated rings. The Balaban J connectivity index is 3.03. The molecular formula is C10H5NOS2. The van der Waals surface area contributed by atoms with Gasteiger partial charge in [0.25, 0.3) is 0 Å². The Kier molecular flexibility index (Phi) is 2.28. The third-order valence-electron chi connectivity index (χ3n) is 1.89. The average Bonchev–Trinajstić information content (AvgIpc) is 2.18. The fourth-order valence-corrected chi connectivity index (χ4v) is 2.54. The Labute approximate surface area is 89.8 Å². The van der Waals surface area contributed by atoms with Gasteiger partial charge in [0.15, 0.2) is 0 Å². The molecule has 0 radical (unpaired) electrons. The predicted octanol–water partition coefficient (Wildman–Crippen LogP) is 2.42. The van der Waals surface area contributed by atoms with Crippen molar-refractivity contribution in [2.45, 2.75) is 4.21 Å². The summed E-state index contributed by atoms with van der Waals surface area (Å²) < 4.78 is 1.35. The Morgan fingerprint density at radius 1 is 1.36 bits per heavy atom. The molecule has 0 amide bonds. The molecule has 68 valence electrons. The summed E-state index contributed by atoms with van der Waals surface area (Å²) in [5.74, 6) is 0. The van der Waals surface area contributed by atoms with Crippen molar-refractivity contribution < 1.29 is 0 Å². The highest BCUT2D eigenvalue weighted by Crippen LogP contribution is 2.23. The van der Waals surface area contributed by atoms with E-state index in [0.717, 1.165) is 4.70 Å². The number of nitriles is 1. The van der Waals surface area contributed by atoms with Crippen LogP contribution >= 0.6 is 24.0 Å². The van der Waals surface area contributed by atoms with Crippen LogP contribution in [-0.4, -0.2) is 0 Å². The largest absolute Gasteiger partial charge is 0.288 e. The van der Waals surface area contributed by atoms with Gasteiger partial charge in [-0.05, 0) is 12.1 Å². The third kappa shape index (κ3) is 1.31. The van der Waals surface area contributed by atoms with Crippen molar-refractivity contribution in [3.8, 4) is 6.07 Å². The van der Waals surface area contributed by atoms with Gasteiger partial charge in [-0.15, -0.1) is 24.0 Å². The summed E-state index contributed by atoms with van der Waals surface area (Å²) in [6.07, 6.45) is 0. The van der Waals surface area contributed by atoms with Gasteiger partial charge in [0.05, 0.1) is 4.21 Å². The first-order valence-electron chi connectivity index (χ1n) is 3.89. The van der Waals surface area contributed by atoms with E-state index in [1.807, 2.05) is 18.2 Å². The van der Waals surface area contributed by atoms with Crippen LogP contribution in [0.2, 0.25) is 0 Å². The lowest BCUT2D eigenvalue weighted by molar-refractivity contribution is 1.43. The molecule has 14 heavy (non-hydrogen) atoms. The van der Waals surface area contributed by atoms with Crippen LogP contribution in [-0.2, 0) is 0 Å². The van der Waals surface area contributed by atoms with Crippen molar-refractivity contribution in [3.63, 3.8) is 0 Å². The minimum Gasteiger partial charge on any atom is -0.288 e. The van der Waals surface area contributed by atoms with E-state index in [2.05, 4.69) is 12.6 Å². The first-order valence-corrected chi connectivity index (χ1v) is 5.15. The molecule has 0 unspecified atom stereocenters. The van der Waals surface area contributed by atoms with Crippen LogP contribution in [0.15, 0.2) is 33.3 Å². The second kappa shape index (κ2) is 3.45. The van der Waals surface area contributed by atoms with Gasteiger partial charge in [0.1, 0.15) is 11.6 Å². The molecule has 1 heterocycles. The molecule has 2 nitrogen and oxygen atoms in total. The number of benzene rings is 1. The summed E-state index contributed by atoms with van der Waals surface area (Å²) >= 11 is 5.47. The van der Waals surface area contributed by atoms with Gasteiger partial charge in [-0.2, -0.15) is 5.26 Å². The molecule has 0 atom stereocenters. The normalized spacial score (nSPS) is 10.0. The lowest BCUT2D eigenvalue weighted by Gasteiger charge is -1.98. The summed E-state index contributed by atoms with van der Waals surface area (Å²) in [7, 11) is 0. The van der Waals surface area contributed by atoms with Crippen LogP contribution in [0.3, 0.4) is 0 Å². The first kappa shape index (κ1) is 9.25. The minimum absolute atomic E-state index is 0.136. The summed E-state index contributed by atoms with van der Waals surface area (Å²) in [6.45, 7) is 0. The molecule has 0 spiro atoms. The molecule has 2 aromatic rings. The molecule has 0 saturated heterocycles. The average molecular weight is 219 g/mol. The number of hydrogen-bond donors (Lipinski definition) is 1. The number of rotatable bonds is 0. The lowest BCUT2D eigenvalue weighted by atomic mass is 10.2. The van der Waals surface area contributed by atoms with E-state index >= 15 is 0 Å². The van der Waals surface area contributed by atoms with Crippen LogP contribution < -0.4 is 5.43 Å². The highest BCUT2D eigenvalue weighted by Gasteiger charge is 2.08. The Hall–Kier alpha value is -1.31. The standard InChI is InChI=1S/C10H5NOS2/c11-5-7-9(12)6-3-1-2-4-8(6)14-10(7)13/h1-4,13H. The molecule has 4 heteroatoms. The molecule has 2 rings (SSSR count). The number of thiol groups is 1. The first-order chi connectivity index (χ1) is 6.74. The van der Waals surface area contributed by atoms with Crippen LogP contribution in [0.25, 0.3) is 10.1 Å². The fraction of sp³-hybridized carbons (Fsp3) is 0. The summed E-state index contributed by atoms with van der Waals surface area (Å²) in [4.78, 5) is 11.7. The molecule has 1 aromatic carbocycles. The van der Waals surface area contributed by atoms with Crippen molar-refractivity contribution >= 4 is 34.1 Å². The van der Waals surface area contributed by atoms with Crippen molar-refractivity contribution in [1.29, 1.82) is 5.26 Å². The van der Waals surface area contributed by atoms with Gasteiger partial charge in [-0.1, -0.05) is 12.1 Å². The molecule has 0 N–H and O–H groups in total. The zero-order chi connectivity index (χ0) is 10.1. The van der Waals surface area contributed by atoms with E-state index in [1.165, 1.54) is 11.3 Å². The topological polar surface area (TPSA) is 40.9 Å². The summed E-state index contributed by atoms with van der Waals surface area (Å²) in [6, 6.07) is 9.10. The van der Waals surface area contributed by atoms with Gasteiger partial charge < -0.3 is 0 Å². The fourth-order valence-electron chi connectivity index (χ4n) is 1.23. The van der Waals surface area contributed by atoms with Crippen LogP contribution in [0.1, 0.15) is 5.56 Å². The number of nitrogens with zero attached hydrogens (tertiary/aromatic N) is 1. The molecule has 0 aliphatic heterocycles. The van der Waals surface area contributed by atoms with Crippen molar-refractivity contribution in [1.82, 2.24) is 0 Å². The lowest BCUT2D eigenvalue weighted by Crippen LogP contribution is -2.05. The van der Waals surface area contributed by atoms with E-state index in [9.17, 15) is 4.79 Å². The zero-order valence-corrected chi connectivity index (χ0v) is 8.73. The second-order valence-corrected chi connectivity index (χ2v) is 4.52. The van der Waals surface area contributed by atoms with Gasteiger partial charge in [0.2, 0.25) is 5.43 Å². The van der Waals surface area contributed by atoms with Crippen LogP contribution in [0.4, 0.5) is 0 Å². The Morgan fingerprint density at radius 3 is 2.79 bits per heavy atom. The monoisotopic (exact) mass is 219 g/mol. The molecule has 0 bridgehead atoms. The maximum atomic E-state index is 11.7. The molecule has 0 saturated carbocycles. The molecular weight excluding hydrogens is 214 g/mol. The summed E-state index contributed by atoms with van der Waals surface area (Å²) in [5.41, 5.74) is -0.0936.